The molecule has 50 valence electrons. The van der Waals surface area contributed by atoms with Crippen LogP contribution in [0.1, 0.15) is 12.8 Å². The minimum atomic E-state index is 0.805. The van der Waals surface area contributed by atoms with Crippen molar-refractivity contribution in [3.05, 3.63) is 12.7 Å². The monoisotopic (exact) mass is 125 g/mol. The third-order valence-corrected chi connectivity index (χ3v) is 0.854. The summed E-state index contributed by atoms with van der Waals surface area (Å²) in [4.78, 5) is 0. The number of hydrogen-bond donors (Lipinski definition) is 2. The lowest BCUT2D eigenvalue weighted by Gasteiger charge is -1.91. The number of rotatable bonds is 4. The molecule has 0 saturated heterocycles. The quantitative estimate of drug-likeness (QED) is 0.252. The van der Waals surface area contributed by atoms with E-state index in [0.717, 1.165) is 19.4 Å². The van der Waals surface area contributed by atoms with Gasteiger partial charge < -0.3 is 10.4 Å². The molecule has 0 radical (unpaired) electrons. The Hall–Kier alpha value is -1.10. The molecule has 0 atom stereocenters. The Bertz CT molecular complexity index is 121. The maximum Gasteiger partial charge on any atom is 0.131 e. The summed E-state index contributed by atoms with van der Waals surface area (Å²) in [6, 6.07) is 2.33. The molecule has 2 heteroatoms. The summed E-state index contributed by atoms with van der Waals surface area (Å²) in [7, 11) is 0. The van der Waals surface area contributed by atoms with Gasteiger partial charge in [0.05, 0.1) is 0 Å². The van der Waals surface area contributed by atoms with Crippen LogP contribution >= 0.6 is 0 Å². The lowest BCUT2D eigenvalue weighted by molar-refractivity contribution is 0.515. The van der Waals surface area contributed by atoms with Gasteiger partial charge >= 0.3 is 0 Å². The van der Waals surface area contributed by atoms with Crippen molar-refractivity contribution in [3.8, 4) is 12.2 Å². The molecular formula is C7H11NO. The summed E-state index contributed by atoms with van der Waals surface area (Å²) in [6.07, 6.45) is 5.61. The molecule has 2 N–H and O–H groups in total. The summed E-state index contributed by atoms with van der Waals surface area (Å²) in [5.41, 5.74) is 0. The van der Waals surface area contributed by atoms with Crippen LogP contribution in [-0.2, 0) is 0 Å². The second-order valence-corrected chi connectivity index (χ2v) is 1.59. The van der Waals surface area contributed by atoms with E-state index in [1.54, 1.807) is 6.11 Å². The van der Waals surface area contributed by atoms with E-state index < -0.39 is 0 Å². The van der Waals surface area contributed by atoms with Gasteiger partial charge in [-0.2, -0.15) is 0 Å². The van der Waals surface area contributed by atoms with Gasteiger partial charge in [-0.1, -0.05) is 6.08 Å². The van der Waals surface area contributed by atoms with Gasteiger partial charge in [-0.05, 0) is 12.8 Å². The average molecular weight is 125 g/mol. The fraction of sp³-hybridized carbons (Fsp3) is 0.429. The smallest absolute Gasteiger partial charge is 0.131 e. The number of aliphatic hydroxyl groups excluding tert-OH is 1. The topological polar surface area (TPSA) is 32.3 Å². The maximum atomic E-state index is 7.98. The first-order chi connectivity index (χ1) is 4.41. The van der Waals surface area contributed by atoms with Crippen LogP contribution in [0.5, 0.6) is 0 Å². The van der Waals surface area contributed by atoms with Crippen LogP contribution in [0, 0.1) is 12.2 Å². The fourth-order valence-corrected chi connectivity index (χ4v) is 0.437. The fourth-order valence-electron chi connectivity index (χ4n) is 0.437. The van der Waals surface area contributed by atoms with Gasteiger partial charge in [-0.25, -0.2) is 0 Å². The van der Waals surface area contributed by atoms with E-state index in [9.17, 15) is 0 Å². The molecule has 0 fully saturated rings. The van der Waals surface area contributed by atoms with Crippen LogP contribution in [0.3, 0.4) is 0 Å². The van der Waals surface area contributed by atoms with Gasteiger partial charge in [-0.3, -0.25) is 0 Å². The van der Waals surface area contributed by atoms with Crippen LogP contribution in [0.25, 0.3) is 0 Å². The minimum absolute atomic E-state index is 0.805. The molecule has 0 aliphatic carbocycles. The van der Waals surface area contributed by atoms with E-state index in [1.165, 1.54) is 0 Å². The summed E-state index contributed by atoms with van der Waals surface area (Å²) >= 11 is 0. The first-order valence-electron chi connectivity index (χ1n) is 2.89. The Labute approximate surface area is 55.6 Å². The Balaban J connectivity index is 2.88. The molecule has 0 aliphatic rings. The highest BCUT2D eigenvalue weighted by atomic mass is 16.2. The minimum Gasteiger partial charge on any atom is -0.461 e. The first-order valence-corrected chi connectivity index (χ1v) is 2.89. The van der Waals surface area contributed by atoms with Crippen molar-refractivity contribution in [2.75, 3.05) is 6.54 Å². The zero-order chi connectivity index (χ0) is 6.95. The van der Waals surface area contributed by atoms with Gasteiger partial charge in [0.1, 0.15) is 6.11 Å². The summed E-state index contributed by atoms with van der Waals surface area (Å²) in [5, 5.41) is 10.7. The third kappa shape index (κ3) is 6.90. The van der Waals surface area contributed by atoms with Crippen molar-refractivity contribution in [1.82, 2.24) is 5.32 Å². The van der Waals surface area contributed by atoms with Crippen molar-refractivity contribution in [2.45, 2.75) is 12.8 Å². The summed E-state index contributed by atoms with van der Waals surface area (Å²) in [6.45, 7) is 4.37. The number of hydrogen-bond acceptors (Lipinski definition) is 2. The molecule has 0 amide bonds. The van der Waals surface area contributed by atoms with E-state index in [2.05, 4.69) is 17.9 Å². The second kappa shape index (κ2) is 6.90. The van der Waals surface area contributed by atoms with Crippen molar-refractivity contribution >= 4 is 0 Å². The lowest BCUT2D eigenvalue weighted by Crippen LogP contribution is -2.06. The van der Waals surface area contributed by atoms with Crippen molar-refractivity contribution in [2.24, 2.45) is 0 Å². The molecule has 0 aromatic carbocycles. The summed E-state index contributed by atoms with van der Waals surface area (Å²) in [5.74, 6) is 0. The van der Waals surface area contributed by atoms with Crippen molar-refractivity contribution in [1.29, 1.82) is 0 Å². The molecule has 0 bridgehead atoms. The molecule has 0 heterocycles. The van der Waals surface area contributed by atoms with Crippen LogP contribution in [-0.4, -0.2) is 11.7 Å². The highest BCUT2D eigenvalue weighted by Crippen LogP contribution is 1.84. The van der Waals surface area contributed by atoms with E-state index in [4.69, 9.17) is 5.11 Å². The van der Waals surface area contributed by atoms with E-state index in [1.807, 2.05) is 6.08 Å². The van der Waals surface area contributed by atoms with E-state index >= 15 is 0 Å². The van der Waals surface area contributed by atoms with Crippen LogP contribution < -0.4 is 5.32 Å². The predicted molar refractivity (Wildman–Crippen MR) is 37.1 cm³/mol. The van der Waals surface area contributed by atoms with Gasteiger partial charge in [0.15, 0.2) is 0 Å². The average Bonchev–Trinajstić information content (AvgIpc) is 1.89. The Morgan fingerprint density at radius 3 is 3.00 bits per heavy atom. The Morgan fingerprint density at radius 2 is 2.44 bits per heavy atom. The van der Waals surface area contributed by atoms with E-state index in [0.29, 0.717) is 0 Å². The normalized spacial score (nSPS) is 7.11. The molecule has 0 aromatic rings. The van der Waals surface area contributed by atoms with Crippen LogP contribution in [0.4, 0.5) is 0 Å². The number of allylic oxidation sites excluding steroid dienone is 1. The van der Waals surface area contributed by atoms with Crippen molar-refractivity contribution in [3.63, 3.8) is 0 Å². The molecule has 0 unspecified atom stereocenters. The van der Waals surface area contributed by atoms with Gasteiger partial charge in [0.25, 0.3) is 0 Å². The maximum absolute atomic E-state index is 7.98. The molecular weight excluding hydrogens is 114 g/mol. The number of unbranched alkanes of at least 4 members (excludes halogenated alkanes) is 1. The molecule has 0 rings (SSSR count). The molecule has 0 spiro atoms. The molecule has 0 aliphatic heterocycles. The molecule has 2 nitrogen and oxygen atoms in total. The Kier molecular flexibility index (Phi) is 6.06. The van der Waals surface area contributed by atoms with Gasteiger partial charge in [0, 0.05) is 12.6 Å². The SMILES string of the molecule is C=CCCCNC#CO. The molecule has 0 aromatic heterocycles. The number of nitrogens with one attached hydrogen (secondary N) is 1. The van der Waals surface area contributed by atoms with Gasteiger partial charge in [0.2, 0.25) is 0 Å². The Morgan fingerprint density at radius 1 is 1.67 bits per heavy atom. The molecule has 9 heavy (non-hydrogen) atoms. The summed E-state index contributed by atoms with van der Waals surface area (Å²) < 4.78 is 0. The highest BCUT2D eigenvalue weighted by molar-refractivity contribution is 4.86. The predicted octanol–water partition coefficient (Wildman–Crippen LogP) is 0.833. The zero-order valence-corrected chi connectivity index (χ0v) is 5.35. The first kappa shape index (κ1) is 7.90. The lowest BCUT2D eigenvalue weighted by atomic mass is 10.3. The standard InChI is InChI=1S/C7H11NO/c1-2-3-4-5-8-6-7-9/h2,8-9H,1,3-5H2. The highest BCUT2D eigenvalue weighted by Gasteiger charge is 1.78. The van der Waals surface area contributed by atoms with Crippen molar-refractivity contribution < 1.29 is 5.11 Å². The van der Waals surface area contributed by atoms with E-state index in [-0.39, 0.29) is 0 Å². The second-order valence-electron chi connectivity index (χ2n) is 1.59. The largest absolute Gasteiger partial charge is 0.461 e. The molecule has 0 saturated carbocycles. The van der Waals surface area contributed by atoms with Crippen LogP contribution in [0.15, 0.2) is 12.7 Å². The van der Waals surface area contributed by atoms with Crippen LogP contribution in [0.2, 0.25) is 0 Å². The zero-order valence-electron chi connectivity index (χ0n) is 5.35. The number of aliphatic hydroxyl groups is 1. The third-order valence-electron chi connectivity index (χ3n) is 0.854. The van der Waals surface area contributed by atoms with Gasteiger partial charge in [-0.15, -0.1) is 6.58 Å².